The van der Waals surface area contributed by atoms with Gasteiger partial charge in [0, 0.05) is 30.1 Å². The molecule has 0 bridgehead atoms. The third kappa shape index (κ3) is 3.48. The molecule has 1 fully saturated rings. The number of hydrogen-bond acceptors (Lipinski definition) is 4. The van der Waals surface area contributed by atoms with Crippen molar-refractivity contribution in [2.24, 2.45) is 5.73 Å². The summed E-state index contributed by atoms with van der Waals surface area (Å²) in [5.41, 5.74) is 5.49. The molecule has 1 aliphatic heterocycles. The van der Waals surface area contributed by atoms with Crippen LogP contribution in [-0.2, 0) is 4.79 Å². The Bertz CT molecular complexity index is 203. The number of carboxylic acids is 1. The van der Waals surface area contributed by atoms with Crippen LogP contribution < -0.4 is 5.73 Å². The number of carbonyl (C=O) groups is 1. The normalized spacial score (nSPS) is 31.4. The summed E-state index contributed by atoms with van der Waals surface area (Å²) in [5, 5.41) is 9.83. The van der Waals surface area contributed by atoms with Crippen LogP contribution in [0.15, 0.2) is 0 Å². The van der Waals surface area contributed by atoms with Crippen molar-refractivity contribution >= 4 is 17.7 Å². The molecule has 1 rings (SSSR count). The lowest BCUT2D eigenvalue weighted by atomic mass is 10.2. The SMILES string of the molecule is CC1CN(CC(N)C(=O)O)CC(C)S1. The Labute approximate surface area is 88.8 Å². The maximum Gasteiger partial charge on any atom is 0.321 e. The highest BCUT2D eigenvalue weighted by Gasteiger charge is 2.25. The van der Waals surface area contributed by atoms with Gasteiger partial charge in [0.1, 0.15) is 6.04 Å². The van der Waals surface area contributed by atoms with Gasteiger partial charge in [0.15, 0.2) is 0 Å². The summed E-state index contributed by atoms with van der Waals surface area (Å²) in [6.07, 6.45) is 0. The molecule has 1 heterocycles. The fraction of sp³-hybridized carbons (Fsp3) is 0.889. The van der Waals surface area contributed by atoms with Gasteiger partial charge in [-0.1, -0.05) is 13.8 Å². The van der Waals surface area contributed by atoms with Crippen molar-refractivity contribution < 1.29 is 9.90 Å². The molecule has 1 aliphatic rings. The van der Waals surface area contributed by atoms with Crippen molar-refractivity contribution in [1.82, 2.24) is 4.90 Å². The number of nitrogens with two attached hydrogens (primary N) is 1. The molecule has 0 aromatic carbocycles. The van der Waals surface area contributed by atoms with Crippen LogP contribution in [-0.4, -0.2) is 52.2 Å². The van der Waals surface area contributed by atoms with Crippen LogP contribution in [0.3, 0.4) is 0 Å². The van der Waals surface area contributed by atoms with E-state index < -0.39 is 12.0 Å². The molecule has 3 unspecified atom stereocenters. The highest BCUT2D eigenvalue weighted by atomic mass is 32.2. The van der Waals surface area contributed by atoms with Crippen molar-refractivity contribution in [3.8, 4) is 0 Å². The molecule has 0 aromatic rings. The second kappa shape index (κ2) is 5.00. The van der Waals surface area contributed by atoms with Gasteiger partial charge >= 0.3 is 5.97 Å². The number of thioether (sulfide) groups is 1. The zero-order chi connectivity index (χ0) is 10.7. The van der Waals surface area contributed by atoms with E-state index in [0.29, 0.717) is 17.0 Å². The quantitative estimate of drug-likeness (QED) is 0.709. The van der Waals surface area contributed by atoms with Crippen LogP contribution in [0.2, 0.25) is 0 Å². The lowest BCUT2D eigenvalue weighted by molar-refractivity contribution is -0.139. The van der Waals surface area contributed by atoms with E-state index >= 15 is 0 Å². The first kappa shape index (κ1) is 11.8. The smallest absolute Gasteiger partial charge is 0.321 e. The first-order valence-electron chi connectivity index (χ1n) is 4.85. The summed E-state index contributed by atoms with van der Waals surface area (Å²) in [5.74, 6) is -0.913. The van der Waals surface area contributed by atoms with E-state index in [0.717, 1.165) is 13.1 Å². The lowest BCUT2D eigenvalue weighted by Gasteiger charge is -2.35. The Morgan fingerprint density at radius 1 is 1.57 bits per heavy atom. The van der Waals surface area contributed by atoms with Crippen molar-refractivity contribution in [2.75, 3.05) is 19.6 Å². The third-order valence-electron chi connectivity index (χ3n) is 2.27. The standard InChI is InChI=1S/C9H18N2O2S/c1-6-3-11(4-7(2)14-6)5-8(10)9(12)13/h6-8H,3-5,10H2,1-2H3,(H,12,13). The van der Waals surface area contributed by atoms with Gasteiger partial charge in [0.2, 0.25) is 0 Å². The molecule has 82 valence electrons. The number of hydrogen-bond donors (Lipinski definition) is 2. The summed E-state index contributed by atoms with van der Waals surface area (Å²) in [7, 11) is 0. The van der Waals surface area contributed by atoms with Crippen molar-refractivity contribution in [1.29, 1.82) is 0 Å². The van der Waals surface area contributed by atoms with Gasteiger partial charge in [-0.15, -0.1) is 0 Å². The fourth-order valence-electron chi connectivity index (χ4n) is 1.79. The van der Waals surface area contributed by atoms with Crippen LogP contribution in [0.1, 0.15) is 13.8 Å². The second-order valence-corrected chi connectivity index (χ2v) is 5.80. The van der Waals surface area contributed by atoms with Gasteiger partial charge in [-0.3, -0.25) is 9.69 Å². The molecule has 0 spiro atoms. The average Bonchev–Trinajstić information content (AvgIpc) is 2.01. The molecular weight excluding hydrogens is 200 g/mol. The minimum absolute atomic E-state index is 0.463. The van der Waals surface area contributed by atoms with Gasteiger partial charge in [0.05, 0.1) is 0 Å². The summed E-state index contributed by atoms with van der Waals surface area (Å²) in [6.45, 7) is 6.68. The van der Waals surface area contributed by atoms with Crippen LogP contribution in [0, 0.1) is 0 Å². The maximum atomic E-state index is 10.6. The Balaban J connectivity index is 2.40. The average molecular weight is 218 g/mol. The molecule has 3 N–H and O–H groups in total. The molecule has 0 aliphatic carbocycles. The van der Waals surface area contributed by atoms with Crippen LogP contribution in [0.25, 0.3) is 0 Å². The van der Waals surface area contributed by atoms with E-state index in [2.05, 4.69) is 18.7 Å². The fourth-order valence-corrected chi connectivity index (χ4v) is 3.18. The zero-order valence-corrected chi connectivity index (χ0v) is 9.46. The van der Waals surface area contributed by atoms with Crippen molar-refractivity contribution in [2.45, 2.75) is 30.4 Å². The number of aliphatic carboxylic acids is 1. The van der Waals surface area contributed by atoms with Crippen molar-refractivity contribution in [3.05, 3.63) is 0 Å². The molecule has 5 heteroatoms. The number of rotatable bonds is 3. The molecule has 3 atom stereocenters. The summed E-state index contributed by atoms with van der Waals surface area (Å²) in [6, 6.07) is -0.752. The molecule has 1 saturated heterocycles. The number of nitrogens with zero attached hydrogens (tertiary/aromatic N) is 1. The van der Waals surface area contributed by atoms with Crippen LogP contribution in [0.4, 0.5) is 0 Å². The van der Waals surface area contributed by atoms with Gasteiger partial charge < -0.3 is 10.8 Å². The van der Waals surface area contributed by atoms with E-state index in [9.17, 15) is 4.79 Å². The van der Waals surface area contributed by atoms with E-state index in [1.807, 2.05) is 11.8 Å². The minimum Gasteiger partial charge on any atom is -0.480 e. The molecule has 0 aromatic heterocycles. The van der Waals surface area contributed by atoms with E-state index in [1.54, 1.807) is 0 Å². The van der Waals surface area contributed by atoms with E-state index in [4.69, 9.17) is 10.8 Å². The van der Waals surface area contributed by atoms with Crippen LogP contribution in [0.5, 0.6) is 0 Å². The van der Waals surface area contributed by atoms with E-state index in [1.165, 1.54) is 0 Å². The number of carboxylic acid groups (broad SMARTS) is 1. The predicted octanol–water partition coefficient (Wildman–Crippen LogP) is 0.224. The van der Waals surface area contributed by atoms with Crippen molar-refractivity contribution in [3.63, 3.8) is 0 Å². The van der Waals surface area contributed by atoms with E-state index in [-0.39, 0.29) is 0 Å². The topological polar surface area (TPSA) is 66.6 Å². The van der Waals surface area contributed by atoms with Gasteiger partial charge in [0.25, 0.3) is 0 Å². The first-order chi connectivity index (χ1) is 6.49. The third-order valence-corrected chi connectivity index (χ3v) is 3.49. The molecule has 14 heavy (non-hydrogen) atoms. The second-order valence-electron chi connectivity index (χ2n) is 3.92. The minimum atomic E-state index is -0.913. The summed E-state index contributed by atoms with van der Waals surface area (Å²) >= 11 is 1.95. The monoisotopic (exact) mass is 218 g/mol. The Hall–Kier alpha value is -0.260. The van der Waals surface area contributed by atoms with Crippen LogP contribution >= 0.6 is 11.8 Å². The molecule has 0 amide bonds. The maximum absolute atomic E-state index is 10.6. The zero-order valence-electron chi connectivity index (χ0n) is 8.64. The predicted molar refractivity (Wildman–Crippen MR) is 58.6 cm³/mol. The lowest BCUT2D eigenvalue weighted by Crippen LogP contribution is -2.48. The largest absolute Gasteiger partial charge is 0.480 e. The Morgan fingerprint density at radius 3 is 2.50 bits per heavy atom. The molecule has 0 saturated carbocycles. The van der Waals surface area contributed by atoms with Gasteiger partial charge in [-0.05, 0) is 0 Å². The molecule has 4 nitrogen and oxygen atoms in total. The highest BCUT2D eigenvalue weighted by Crippen LogP contribution is 2.24. The molecule has 0 radical (unpaired) electrons. The summed E-state index contributed by atoms with van der Waals surface area (Å²) in [4.78, 5) is 12.7. The highest BCUT2D eigenvalue weighted by molar-refractivity contribution is 8.00. The Morgan fingerprint density at radius 2 is 2.07 bits per heavy atom. The summed E-state index contributed by atoms with van der Waals surface area (Å²) < 4.78 is 0. The van der Waals surface area contributed by atoms with Gasteiger partial charge in [-0.25, -0.2) is 0 Å². The Kier molecular flexibility index (Phi) is 4.22. The first-order valence-corrected chi connectivity index (χ1v) is 5.79. The molecular formula is C9H18N2O2S. The van der Waals surface area contributed by atoms with Gasteiger partial charge in [-0.2, -0.15) is 11.8 Å².